The Balaban J connectivity index is 1.84. The van der Waals surface area contributed by atoms with Gasteiger partial charge in [-0.3, -0.25) is 4.40 Å². The van der Waals surface area contributed by atoms with Gasteiger partial charge in [-0.05, 0) is 38.1 Å². The zero-order valence-corrected chi connectivity index (χ0v) is 16.1. The maximum absolute atomic E-state index is 15.0. The predicted molar refractivity (Wildman–Crippen MR) is 109 cm³/mol. The summed E-state index contributed by atoms with van der Waals surface area (Å²) in [6.45, 7) is 5.40. The first-order chi connectivity index (χ1) is 13.9. The van der Waals surface area contributed by atoms with Crippen LogP contribution in [0.1, 0.15) is 24.2 Å². The van der Waals surface area contributed by atoms with Crippen LogP contribution in [-0.4, -0.2) is 50.6 Å². The Hall–Kier alpha value is -3.26. The van der Waals surface area contributed by atoms with Crippen LogP contribution in [0, 0.1) is 5.82 Å². The van der Waals surface area contributed by atoms with Crippen molar-refractivity contribution in [2.45, 2.75) is 25.9 Å². The molecule has 0 amide bonds. The molecule has 3 aromatic heterocycles. The highest BCUT2D eigenvalue weighted by Crippen LogP contribution is 2.29. The molecule has 4 heterocycles. The summed E-state index contributed by atoms with van der Waals surface area (Å²) in [7, 11) is 0. The Morgan fingerprint density at radius 1 is 1.14 bits per heavy atom. The molecule has 1 aliphatic rings. The summed E-state index contributed by atoms with van der Waals surface area (Å²) in [5.41, 5.74) is 2.22. The number of imidazole rings is 1. The van der Waals surface area contributed by atoms with Crippen LogP contribution in [0.25, 0.3) is 27.7 Å². The molecule has 148 valence electrons. The van der Waals surface area contributed by atoms with Gasteiger partial charge in [0.05, 0.1) is 11.0 Å². The molecular weight excluding hydrogens is 373 g/mol. The summed E-state index contributed by atoms with van der Waals surface area (Å²) < 4.78 is 16.7. The van der Waals surface area contributed by atoms with E-state index in [9.17, 15) is 9.90 Å². The molecule has 0 radical (unpaired) electrons. The monoisotopic (exact) mass is 393 g/mol. The fourth-order valence-electron chi connectivity index (χ4n) is 4.29. The van der Waals surface area contributed by atoms with Crippen molar-refractivity contribution in [1.82, 2.24) is 19.7 Å². The number of nitrogens with one attached hydrogen (secondary N) is 1. The molecule has 2 N–H and O–H groups in total. The molecular formula is C21H20FN5O2. The predicted octanol–water partition coefficient (Wildman–Crippen LogP) is 3.06. The number of fused-ring (bicyclic) bond motifs is 5. The first kappa shape index (κ1) is 17.8. The quantitative estimate of drug-likeness (QED) is 0.545. The molecule has 1 aliphatic heterocycles. The smallest absolute Gasteiger partial charge is 0.339 e. The lowest BCUT2D eigenvalue weighted by Gasteiger charge is -2.37. The average Bonchev–Trinajstić information content (AvgIpc) is 3.05. The molecule has 2 atom stereocenters. The van der Waals surface area contributed by atoms with Gasteiger partial charge in [-0.15, -0.1) is 0 Å². The molecule has 0 saturated carbocycles. The number of para-hydroxylation sites is 2. The molecule has 8 heteroatoms. The van der Waals surface area contributed by atoms with Crippen molar-refractivity contribution in [3.05, 3.63) is 47.8 Å². The van der Waals surface area contributed by atoms with E-state index >= 15 is 4.39 Å². The van der Waals surface area contributed by atoms with Gasteiger partial charge in [0.15, 0.2) is 17.3 Å². The number of hydrogen-bond donors (Lipinski definition) is 2. The third kappa shape index (κ3) is 2.79. The molecule has 5 rings (SSSR count). The normalized spacial score (nSPS) is 20.0. The van der Waals surface area contributed by atoms with Crippen molar-refractivity contribution in [2.24, 2.45) is 0 Å². The molecule has 4 aromatic rings. The van der Waals surface area contributed by atoms with E-state index in [2.05, 4.69) is 29.1 Å². The van der Waals surface area contributed by atoms with Gasteiger partial charge in [0.1, 0.15) is 11.2 Å². The number of carbonyl (C=O) groups is 1. The van der Waals surface area contributed by atoms with Gasteiger partial charge in [-0.2, -0.15) is 0 Å². The van der Waals surface area contributed by atoms with Crippen molar-refractivity contribution < 1.29 is 14.3 Å². The minimum Gasteiger partial charge on any atom is -0.478 e. The Morgan fingerprint density at radius 3 is 2.59 bits per heavy atom. The number of anilines is 1. The average molecular weight is 393 g/mol. The van der Waals surface area contributed by atoms with Gasteiger partial charge in [-0.25, -0.2) is 19.2 Å². The van der Waals surface area contributed by atoms with E-state index in [4.69, 9.17) is 0 Å². The number of aromatic carboxylic acids is 1. The highest BCUT2D eigenvalue weighted by atomic mass is 19.1. The molecule has 1 saturated heterocycles. The highest BCUT2D eigenvalue weighted by Gasteiger charge is 2.26. The second-order valence-corrected chi connectivity index (χ2v) is 7.70. The number of aromatic nitrogens is 3. The number of carboxylic acids is 1. The van der Waals surface area contributed by atoms with Gasteiger partial charge < -0.3 is 15.3 Å². The van der Waals surface area contributed by atoms with Crippen molar-refractivity contribution in [3.8, 4) is 0 Å². The van der Waals surface area contributed by atoms with Crippen molar-refractivity contribution in [3.63, 3.8) is 0 Å². The summed E-state index contributed by atoms with van der Waals surface area (Å²) in [5, 5.41) is 13.5. The first-order valence-corrected chi connectivity index (χ1v) is 9.57. The topological polar surface area (TPSA) is 82.8 Å². The number of halogens is 1. The highest BCUT2D eigenvalue weighted by molar-refractivity contribution is 6.02. The van der Waals surface area contributed by atoms with Crippen LogP contribution in [0.3, 0.4) is 0 Å². The van der Waals surface area contributed by atoms with E-state index in [1.165, 1.54) is 12.1 Å². The standard InChI is InChI=1S/C21H20FN5O2/c1-11-9-26(10-12(2)23-11)20-15(22)8-13-7-14(21(28)29)19-24-16-5-3-4-6-17(16)27(19)18(13)25-20/h3-8,11-12,23H,9-10H2,1-2H3,(H,28,29). The van der Waals surface area contributed by atoms with E-state index in [-0.39, 0.29) is 23.5 Å². The Bertz CT molecular complexity index is 1270. The number of nitrogens with zero attached hydrogens (tertiary/aromatic N) is 4. The summed E-state index contributed by atoms with van der Waals surface area (Å²) in [6, 6.07) is 10.6. The number of carboxylic acid groups (broad SMARTS) is 1. The van der Waals surface area contributed by atoms with E-state index in [1.54, 1.807) is 4.40 Å². The molecule has 0 spiro atoms. The molecule has 0 bridgehead atoms. The van der Waals surface area contributed by atoms with E-state index < -0.39 is 11.8 Å². The first-order valence-electron chi connectivity index (χ1n) is 9.57. The van der Waals surface area contributed by atoms with Crippen LogP contribution in [0.15, 0.2) is 36.4 Å². The lowest BCUT2D eigenvalue weighted by Crippen LogP contribution is -2.54. The number of rotatable bonds is 2. The maximum Gasteiger partial charge on any atom is 0.339 e. The van der Waals surface area contributed by atoms with E-state index in [0.717, 1.165) is 5.52 Å². The second kappa shape index (κ2) is 6.38. The molecule has 0 aliphatic carbocycles. The van der Waals surface area contributed by atoms with Crippen molar-refractivity contribution in [2.75, 3.05) is 18.0 Å². The third-order valence-electron chi connectivity index (χ3n) is 5.37. The largest absolute Gasteiger partial charge is 0.478 e. The van der Waals surface area contributed by atoms with Gasteiger partial charge in [0.2, 0.25) is 0 Å². The van der Waals surface area contributed by atoms with Crippen LogP contribution in [0.4, 0.5) is 10.2 Å². The minimum absolute atomic E-state index is 0.0204. The fraction of sp³-hybridized carbons (Fsp3) is 0.286. The SMILES string of the molecule is CC1CN(c2nc3c(cc2F)cc(C(=O)O)c2nc4ccccc4n23)CC(C)N1. The molecule has 1 aromatic carbocycles. The van der Waals surface area contributed by atoms with Crippen LogP contribution in [0.5, 0.6) is 0 Å². The summed E-state index contributed by atoms with van der Waals surface area (Å²) >= 11 is 0. The summed E-state index contributed by atoms with van der Waals surface area (Å²) in [5.74, 6) is -1.29. The van der Waals surface area contributed by atoms with Crippen LogP contribution >= 0.6 is 0 Å². The van der Waals surface area contributed by atoms with Gasteiger partial charge in [0, 0.05) is 30.6 Å². The van der Waals surface area contributed by atoms with Crippen molar-refractivity contribution in [1.29, 1.82) is 0 Å². The second-order valence-electron chi connectivity index (χ2n) is 7.70. The number of pyridine rings is 2. The van der Waals surface area contributed by atoms with Gasteiger partial charge >= 0.3 is 5.97 Å². The maximum atomic E-state index is 15.0. The zero-order chi connectivity index (χ0) is 20.3. The number of hydrogen-bond acceptors (Lipinski definition) is 5. The fourth-order valence-corrected chi connectivity index (χ4v) is 4.29. The van der Waals surface area contributed by atoms with E-state index in [1.807, 2.05) is 29.2 Å². The van der Waals surface area contributed by atoms with Crippen LogP contribution < -0.4 is 10.2 Å². The minimum atomic E-state index is -1.11. The number of benzene rings is 1. The molecule has 2 unspecified atom stereocenters. The summed E-state index contributed by atoms with van der Waals surface area (Å²) in [4.78, 5) is 22.9. The van der Waals surface area contributed by atoms with Crippen molar-refractivity contribution >= 4 is 39.5 Å². The molecule has 1 fully saturated rings. The summed E-state index contributed by atoms with van der Waals surface area (Å²) in [6.07, 6.45) is 0. The lowest BCUT2D eigenvalue weighted by atomic mass is 10.1. The third-order valence-corrected chi connectivity index (χ3v) is 5.37. The van der Waals surface area contributed by atoms with E-state index in [0.29, 0.717) is 35.3 Å². The van der Waals surface area contributed by atoms with Crippen LogP contribution in [-0.2, 0) is 0 Å². The molecule has 29 heavy (non-hydrogen) atoms. The molecule has 7 nitrogen and oxygen atoms in total. The van der Waals surface area contributed by atoms with Gasteiger partial charge in [0.25, 0.3) is 0 Å². The number of piperazine rings is 1. The zero-order valence-electron chi connectivity index (χ0n) is 16.1. The lowest BCUT2D eigenvalue weighted by molar-refractivity contribution is 0.0698. The Morgan fingerprint density at radius 2 is 1.86 bits per heavy atom. The Kier molecular flexibility index (Phi) is 3.92. The van der Waals surface area contributed by atoms with Crippen LogP contribution in [0.2, 0.25) is 0 Å². The Labute approximate surface area is 165 Å². The van der Waals surface area contributed by atoms with Gasteiger partial charge in [-0.1, -0.05) is 12.1 Å².